The van der Waals surface area contributed by atoms with Gasteiger partial charge in [0.25, 0.3) is 0 Å². The first-order valence-corrected chi connectivity index (χ1v) is 6.13. The van der Waals surface area contributed by atoms with E-state index in [0.29, 0.717) is 24.6 Å². The molecule has 1 nitrogen and oxygen atoms in total. The van der Waals surface area contributed by atoms with Crippen molar-refractivity contribution in [2.24, 2.45) is 11.8 Å². The Balaban J connectivity index is 4.40. The monoisotopic (exact) mass is 235 g/mol. The van der Waals surface area contributed by atoms with Crippen molar-refractivity contribution in [3.05, 3.63) is 36.2 Å². The molecule has 0 aliphatic heterocycles. The zero-order chi connectivity index (χ0) is 13.1. The SMILES string of the molecule is CC(C)CCC(C)C(=C/C/C=C/C#N)/C=C/F. The van der Waals surface area contributed by atoms with E-state index in [4.69, 9.17) is 5.26 Å². The third-order valence-electron chi connectivity index (χ3n) is 2.68. The van der Waals surface area contributed by atoms with Crippen molar-refractivity contribution in [1.82, 2.24) is 0 Å². The molecule has 0 radical (unpaired) electrons. The summed E-state index contributed by atoms with van der Waals surface area (Å²) in [5.41, 5.74) is 1.01. The van der Waals surface area contributed by atoms with E-state index in [1.54, 1.807) is 6.08 Å². The third-order valence-corrected chi connectivity index (χ3v) is 2.68. The highest BCUT2D eigenvalue weighted by Gasteiger charge is 2.07. The van der Waals surface area contributed by atoms with Crippen molar-refractivity contribution < 1.29 is 4.39 Å². The fourth-order valence-electron chi connectivity index (χ4n) is 1.58. The fraction of sp³-hybridized carbons (Fsp3) is 0.533. The molecule has 0 bridgehead atoms. The van der Waals surface area contributed by atoms with Crippen LogP contribution in [0.2, 0.25) is 0 Å². The van der Waals surface area contributed by atoms with Gasteiger partial charge in [0.05, 0.1) is 12.4 Å². The van der Waals surface area contributed by atoms with E-state index in [9.17, 15) is 4.39 Å². The van der Waals surface area contributed by atoms with E-state index in [-0.39, 0.29) is 0 Å². The summed E-state index contributed by atoms with van der Waals surface area (Å²) >= 11 is 0. The van der Waals surface area contributed by atoms with Crippen molar-refractivity contribution in [3.63, 3.8) is 0 Å². The lowest BCUT2D eigenvalue weighted by Crippen LogP contribution is -2.00. The second-order valence-electron chi connectivity index (χ2n) is 4.64. The van der Waals surface area contributed by atoms with Crippen LogP contribution in [-0.2, 0) is 0 Å². The maximum atomic E-state index is 12.3. The van der Waals surface area contributed by atoms with Gasteiger partial charge in [-0.15, -0.1) is 0 Å². The highest BCUT2D eigenvalue weighted by molar-refractivity contribution is 5.21. The molecule has 0 N–H and O–H groups in total. The van der Waals surface area contributed by atoms with Gasteiger partial charge >= 0.3 is 0 Å². The number of hydrogen-bond acceptors (Lipinski definition) is 1. The molecule has 0 aromatic rings. The summed E-state index contributed by atoms with van der Waals surface area (Å²) in [7, 11) is 0. The highest BCUT2D eigenvalue weighted by Crippen LogP contribution is 2.21. The van der Waals surface area contributed by atoms with E-state index < -0.39 is 0 Å². The third kappa shape index (κ3) is 8.45. The largest absolute Gasteiger partial charge is 0.216 e. The van der Waals surface area contributed by atoms with Gasteiger partial charge < -0.3 is 0 Å². The molecule has 0 aromatic carbocycles. The van der Waals surface area contributed by atoms with Crippen LogP contribution in [0.25, 0.3) is 0 Å². The second kappa shape index (κ2) is 9.84. The summed E-state index contributed by atoms with van der Waals surface area (Å²) in [5, 5.41) is 8.36. The van der Waals surface area contributed by atoms with E-state index >= 15 is 0 Å². The Morgan fingerprint density at radius 2 is 2.00 bits per heavy atom. The maximum Gasteiger partial charge on any atom is 0.0908 e. The predicted octanol–water partition coefficient (Wildman–Crippen LogP) is 4.94. The molecule has 1 atom stereocenters. The first-order chi connectivity index (χ1) is 8.11. The zero-order valence-corrected chi connectivity index (χ0v) is 11.0. The number of rotatable bonds is 7. The summed E-state index contributed by atoms with van der Waals surface area (Å²) in [4.78, 5) is 0. The van der Waals surface area contributed by atoms with Crippen molar-refractivity contribution in [3.8, 4) is 6.07 Å². The lowest BCUT2D eigenvalue weighted by molar-refractivity contribution is 0.492. The first-order valence-electron chi connectivity index (χ1n) is 6.13. The summed E-state index contributed by atoms with van der Waals surface area (Å²) in [6.07, 6.45) is 10.2. The Kier molecular flexibility index (Phi) is 9.05. The average molecular weight is 235 g/mol. The van der Waals surface area contributed by atoms with Gasteiger partial charge in [0.1, 0.15) is 0 Å². The van der Waals surface area contributed by atoms with Gasteiger partial charge in [-0.1, -0.05) is 39.3 Å². The molecule has 17 heavy (non-hydrogen) atoms. The van der Waals surface area contributed by atoms with E-state index in [2.05, 4.69) is 20.8 Å². The van der Waals surface area contributed by atoms with Gasteiger partial charge in [0, 0.05) is 6.08 Å². The quantitative estimate of drug-likeness (QED) is 0.453. The van der Waals surface area contributed by atoms with Gasteiger partial charge in [0.15, 0.2) is 0 Å². The molecular weight excluding hydrogens is 213 g/mol. The molecule has 0 aliphatic carbocycles. The summed E-state index contributed by atoms with van der Waals surface area (Å²) in [6, 6.07) is 1.94. The van der Waals surface area contributed by atoms with Crippen LogP contribution in [-0.4, -0.2) is 0 Å². The van der Waals surface area contributed by atoms with Crippen LogP contribution < -0.4 is 0 Å². The minimum atomic E-state index is 0.361. The maximum absolute atomic E-state index is 12.3. The van der Waals surface area contributed by atoms with Crippen LogP contribution in [0.3, 0.4) is 0 Å². The van der Waals surface area contributed by atoms with Crippen LogP contribution in [0.1, 0.15) is 40.0 Å². The van der Waals surface area contributed by atoms with Crippen molar-refractivity contribution in [2.75, 3.05) is 0 Å². The topological polar surface area (TPSA) is 23.8 Å². The normalized spacial score (nSPS) is 14.7. The first kappa shape index (κ1) is 15.6. The Hall–Kier alpha value is -1.36. The zero-order valence-electron chi connectivity index (χ0n) is 11.0. The molecule has 0 heterocycles. The lowest BCUT2D eigenvalue weighted by Gasteiger charge is -2.14. The van der Waals surface area contributed by atoms with E-state index in [1.165, 1.54) is 12.2 Å². The second-order valence-corrected chi connectivity index (χ2v) is 4.64. The van der Waals surface area contributed by atoms with Crippen molar-refractivity contribution >= 4 is 0 Å². The Labute approximate surface area is 104 Å². The number of nitriles is 1. The minimum absolute atomic E-state index is 0.361. The molecule has 0 aromatic heterocycles. The van der Waals surface area contributed by atoms with E-state index in [0.717, 1.165) is 18.4 Å². The van der Waals surface area contributed by atoms with E-state index in [1.807, 2.05) is 12.1 Å². The van der Waals surface area contributed by atoms with Gasteiger partial charge in [-0.3, -0.25) is 0 Å². The molecule has 2 heteroatoms. The Morgan fingerprint density at radius 1 is 1.29 bits per heavy atom. The van der Waals surface area contributed by atoms with Gasteiger partial charge in [0.2, 0.25) is 0 Å². The van der Waals surface area contributed by atoms with Crippen LogP contribution in [0.15, 0.2) is 36.2 Å². The highest BCUT2D eigenvalue weighted by atomic mass is 19.1. The molecule has 0 aliphatic rings. The molecular formula is C15H22FN. The van der Waals surface area contributed by atoms with Crippen LogP contribution in [0.4, 0.5) is 4.39 Å². The van der Waals surface area contributed by atoms with Gasteiger partial charge in [-0.05, 0) is 36.3 Å². The average Bonchev–Trinajstić information content (AvgIpc) is 2.30. The lowest BCUT2D eigenvalue weighted by atomic mass is 9.92. The van der Waals surface area contributed by atoms with Gasteiger partial charge in [-0.2, -0.15) is 5.26 Å². The predicted molar refractivity (Wildman–Crippen MR) is 70.9 cm³/mol. The fourth-order valence-corrected chi connectivity index (χ4v) is 1.58. The Morgan fingerprint density at radius 3 is 2.53 bits per heavy atom. The number of hydrogen-bond donors (Lipinski definition) is 0. The molecule has 94 valence electrons. The molecule has 0 rings (SSSR count). The van der Waals surface area contributed by atoms with Crippen molar-refractivity contribution in [2.45, 2.75) is 40.0 Å². The van der Waals surface area contributed by atoms with Crippen LogP contribution in [0, 0.1) is 23.2 Å². The standard InChI is InChI=1S/C15H22FN/c1-13(2)8-9-14(3)15(10-11-16)7-5-4-6-12-17/h4,6-7,10-11,13-14H,5,8-9H2,1-3H3/b6-4+,11-10+,15-7+. The number of allylic oxidation sites excluding steroid dienone is 5. The van der Waals surface area contributed by atoms with Crippen LogP contribution in [0.5, 0.6) is 0 Å². The number of halogens is 1. The Bertz CT molecular complexity index is 318. The molecule has 0 amide bonds. The molecule has 0 spiro atoms. The molecule has 1 unspecified atom stereocenters. The molecule has 0 saturated heterocycles. The van der Waals surface area contributed by atoms with Crippen molar-refractivity contribution in [1.29, 1.82) is 5.26 Å². The summed E-state index contributed by atoms with van der Waals surface area (Å²) in [6.45, 7) is 6.50. The number of nitrogens with zero attached hydrogens (tertiary/aromatic N) is 1. The van der Waals surface area contributed by atoms with Gasteiger partial charge in [-0.25, -0.2) is 4.39 Å². The summed E-state index contributed by atoms with van der Waals surface area (Å²) in [5.74, 6) is 1.03. The van der Waals surface area contributed by atoms with Crippen LogP contribution >= 0.6 is 0 Å². The smallest absolute Gasteiger partial charge is 0.0908 e. The summed E-state index contributed by atoms with van der Waals surface area (Å²) < 4.78 is 12.3. The minimum Gasteiger partial charge on any atom is -0.216 e. The molecule has 0 fully saturated rings. The molecule has 0 saturated carbocycles.